The van der Waals surface area contributed by atoms with Gasteiger partial charge in [-0.3, -0.25) is 4.68 Å². The average molecular weight is 296 g/mol. The van der Waals surface area contributed by atoms with E-state index in [0.29, 0.717) is 11.9 Å². The number of rotatable bonds is 8. The maximum absolute atomic E-state index is 5.87. The minimum Gasteiger partial charge on any atom is -0.354 e. The van der Waals surface area contributed by atoms with Gasteiger partial charge in [0, 0.05) is 32.0 Å². The molecular weight excluding hydrogens is 278 g/mol. The van der Waals surface area contributed by atoms with Gasteiger partial charge >= 0.3 is 0 Å². The van der Waals surface area contributed by atoms with Crippen molar-refractivity contribution in [2.24, 2.45) is 0 Å². The lowest BCUT2D eigenvalue weighted by Gasteiger charge is -2.07. The number of hydrogen-bond donors (Lipinski definition) is 2. The van der Waals surface area contributed by atoms with Crippen LogP contribution in [-0.2, 0) is 6.54 Å². The molecule has 0 radical (unpaired) electrons. The van der Waals surface area contributed by atoms with Gasteiger partial charge in [-0.2, -0.15) is 20.1 Å². The molecule has 0 aliphatic carbocycles. The molecule has 0 saturated carbocycles. The summed E-state index contributed by atoms with van der Waals surface area (Å²) in [6.07, 6.45) is 5.62. The van der Waals surface area contributed by atoms with Crippen molar-refractivity contribution >= 4 is 23.5 Å². The van der Waals surface area contributed by atoms with E-state index in [1.807, 2.05) is 16.9 Å². The van der Waals surface area contributed by atoms with Crippen LogP contribution in [0.15, 0.2) is 18.5 Å². The minimum absolute atomic E-state index is 0.188. The van der Waals surface area contributed by atoms with Crippen LogP contribution in [0.2, 0.25) is 5.28 Å². The lowest BCUT2D eigenvalue weighted by Crippen LogP contribution is -2.12. The highest BCUT2D eigenvalue weighted by atomic mass is 35.5. The van der Waals surface area contributed by atoms with Crippen LogP contribution < -0.4 is 10.6 Å². The van der Waals surface area contributed by atoms with Crippen LogP contribution in [0.3, 0.4) is 0 Å². The number of nitrogens with zero attached hydrogens (tertiary/aromatic N) is 5. The summed E-state index contributed by atoms with van der Waals surface area (Å²) in [5.74, 6) is 0.991. The number of hydrogen-bond acceptors (Lipinski definition) is 6. The van der Waals surface area contributed by atoms with Gasteiger partial charge in [-0.05, 0) is 30.5 Å². The molecule has 0 bridgehead atoms. The van der Waals surface area contributed by atoms with E-state index in [4.69, 9.17) is 11.6 Å². The molecule has 0 saturated heterocycles. The zero-order valence-corrected chi connectivity index (χ0v) is 12.1. The summed E-state index contributed by atoms with van der Waals surface area (Å²) in [6.45, 7) is 4.47. The van der Waals surface area contributed by atoms with Crippen molar-refractivity contribution < 1.29 is 0 Å². The molecule has 2 heterocycles. The molecule has 0 unspecified atom stereocenters. The molecule has 2 rings (SSSR count). The summed E-state index contributed by atoms with van der Waals surface area (Å²) >= 11 is 5.87. The van der Waals surface area contributed by atoms with Crippen LogP contribution in [0.1, 0.15) is 19.8 Å². The van der Waals surface area contributed by atoms with E-state index in [-0.39, 0.29) is 5.28 Å². The van der Waals surface area contributed by atoms with Crippen molar-refractivity contribution in [2.75, 3.05) is 23.7 Å². The zero-order chi connectivity index (χ0) is 14.2. The van der Waals surface area contributed by atoms with Crippen LogP contribution in [0.25, 0.3) is 0 Å². The molecule has 20 heavy (non-hydrogen) atoms. The van der Waals surface area contributed by atoms with Crippen molar-refractivity contribution in [3.05, 3.63) is 23.7 Å². The van der Waals surface area contributed by atoms with Gasteiger partial charge in [0.2, 0.25) is 17.2 Å². The van der Waals surface area contributed by atoms with Gasteiger partial charge in [0.1, 0.15) is 0 Å². The Hall–Kier alpha value is -1.89. The van der Waals surface area contributed by atoms with Crippen molar-refractivity contribution in [1.82, 2.24) is 24.7 Å². The Morgan fingerprint density at radius 2 is 1.90 bits per heavy atom. The topological polar surface area (TPSA) is 80.5 Å². The molecule has 2 aromatic heterocycles. The largest absolute Gasteiger partial charge is 0.354 e. The van der Waals surface area contributed by atoms with Gasteiger partial charge in [0.15, 0.2) is 0 Å². The Balaban J connectivity index is 1.80. The van der Waals surface area contributed by atoms with Crippen molar-refractivity contribution in [1.29, 1.82) is 0 Å². The smallest absolute Gasteiger partial charge is 0.228 e. The minimum atomic E-state index is 0.188. The SMILES string of the molecule is CCCNc1nc(Cl)nc(NCCCn2cccn2)n1. The first kappa shape index (κ1) is 14.5. The number of aromatic nitrogens is 5. The summed E-state index contributed by atoms with van der Waals surface area (Å²) in [6, 6.07) is 1.91. The van der Waals surface area contributed by atoms with Gasteiger partial charge in [-0.25, -0.2) is 0 Å². The van der Waals surface area contributed by atoms with E-state index in [9.17, 15) is 0 Å². The molecule has 0 fully saturated rings. The Bertz CT molecular complexity index is 515. The number of halogens is 1. The quantitative estimate of drug-likeness (QED) is 0.726. The fraction of sp³-hybridized carbons (Fsp3) is 0.500. The van der Waals surface area contributed by atoms with Crippen LogP contribution in [0, 0.1) is 0 Å². The molecule has 0 aromatic carbocycles. The first-order chi connectivity index (χ1) is 9.78. The molecule has 0 aliphatic heterocycles. The Kier molecular flexibility index (Phi) is 5.55. The highest BCUT2D eigenvalue weighted by molar-refractivity contribution is 6.28. The van der Waals surface area contributed by atoms with E-state index in [0.717, 1.165) is 32.5 Å². The molecule has 8 heteroatoms. The molecule has 0 amide bonds. The maximum Gasteiger partial charge on any atom is 0.228 e. The molecule has 108 valence electrons. The van der Waals surface area contributed by atoms with E-state index < -0.39 is 0 Å². The lowest BCUT2D eigenvalue weighted by molar-refractivity contribution is 0.591. The second kappa shape index (κ2) is 7.64. The third kappa shape index (κ3) is 4.65. The van der Waals surface area contributed by atoms with E-state index in [2.05, 4.69) is 37.6 Å². The summed E-state index contributed by atoms with van der Waals surface area (Å²) in [5.41, 5.74) is 0. The molecule has 7 nitrogen and oxygen atoms in total. The highest BCUT2D eigenvalue weighted by Gasteiger charge is 2.03. The predicted molar refractivity (Wildman–Crippen MR) is 79.0 cm³/mol. The number of nitrogens with one attached hydrogen (secondary N) is 2. The van der Waals surface area contributed by atoms with Crippen molar-refractivity contribution in [3.8, 4) is 0 Å². The normalized spacial score (nSPS) is 10.5. The molecule has 0 aliphatic rings. The van der Waals surface area contributed by atoms with Crippen LogP contribution in [0.4, 0.5) is 11.9 Å². The van der Waals surface area contributed by atoms with Gasteiger partial charge < -0.3 is 10.6 Å². The highest BCUT2D eigenvalue weighted by Crippen LogP contribution is 2.09. The molecule has 2 aromatic rings. The molecule has 0 spiro atoms. The summed E-state index contributed by atoms with van der Waals surface area (Å²) < 4.78 is 1.89. The third-order valence-electron chi connectivity index (χ3n) is 2.55. The van der Waals surface area contributed by atoms with Gasteiger partial charge in [-0.1, -0.05) is 6.92 Å². The van der Waals surface area contributed by atoms with Gasteiger partial charge in [0.05, 0.1) is 0 Å². The number of aryl methyl sites for hydroxylation is 1. The van der Waals surface area contributed by atoms with Crippen molar-refractivity contribution in [3.63, 3.8) is 0 Å². The fourth-order valence-electron chi connectivity index (χ4n) is 1.62. The summed E-state index contributed by atoms with van der Waals surface area (Å²) in [5, 5.41) is 10.6. The molecule has 0 atom stereocenters. The third-order valence-corrected chi connectivity index (χ3v) is 2.72. The molecule has 2 N–H and O–H groups in total. The second-order valence-corrected chi connectivity index (χ2v) is 4.57. The standard InChI is InChI=1S/C12H18ClN7/c1-2-5-14-11-17-10(13)18-12(19-11)15-6-3-8-20-9-4-7-16-20/h4,7,9H,2-3,5-6,8H2,1H3,(H2,14,15,17,18,19). The van der Waals surface area contributed by atoms with Gasteiger partial charge in [-0.15, -0.1) is 0 Å². The maximum atomic E-state index is 5.87. The Labute approximate surface area is 122 Å². The van der Waals surface area contributed by atoms with Crippen molar-refractivity contribution in [2.45, 2.75) is 26.3 Å². The second-order valence-electron chi connectivity index (χ2n) is 4.23. The van der Waals surface area contributed by atoms with Gasteiger partial charge in [0.25, 0.3) is 0 Å². The average Bonchev–Trinajstić information content (AvgIpc) is 2.94. The number of anilines is 2. The summed E-state index contributed by atoms with van der Waals surface area (Å²) in [4.78, 5) is 12.3. The monoisotopic (exact) mass is 295 g/mol. The first-order valence-corrected chi connectivity index (χ1v) is 7.02. The summed E-state index contributed by atoms with van der Waals surface area (Å²) in [7, 11) is 0. The van der Waals surface area contributed by atoms with Crippen LogP contribution >= 0.6 is 11.6 Å². The predicted octanol–water partition coefficient (Wildman–Crippen LogP) is 2.05. The Morgan fingerprint density at radius 1 is 1.15 bits per heavy atom. The van der Waals surface area contributed by atoms with Crippen LogP contribution in [0.5, 0.6) is 0 Å². The van der Waals surface area contributed by atoms with E-state index >= 15 is 0 Å². The van der Waals surface area contributed by atoms with Crippen LogP contribution in [-0.4, -0.2) is 37.8 Å². The zero-order valence-electron chi connectivity index (χ0n) is 11.4. The fourth-order valence-corrected chi connectivity index (χ4v) is 1.78. The first-order valence-electron chi connectivity index (χ1n) is 6.64. The Morgan fingerprint density at radius 3 is 2.55 bits per heavy atom. The van der Waals surface area contributed by atoms with E-state index in [1.54, 1.807) is 6.20 Å². The lowest BCUT2D eigenvalue weighted by atomic mass is 10.4. The molecular formula is C12H18ClN7. The van der Waals surface area contributed by atoms with E-state index in [1.165, 1.54) is 0 Å².